The van der Waals surface area contributed by atoms with Gasteiger partial charge in [0, 0.05) is 0 Å². The fourth-order valence-electron chi connectivity index (χ4n) is 1.62. The van der Waals surface area contributed by atoms with Crippen molar-refractivity contribution >= 4 is 5.97 Å². The summed E-state index contributed by atoms with van der Waals surface area (Å²) in [7, 11) is 0. The highest BCUT2D eigenvalue weighted by Crippen LogP contribution is 2.10. The van der Waals surface area contributed by atoms with Gasteiger partial charge in [-0.15, -0.1) is 0 Å². The Hall–Kier alpha value is -0.570. The molecule has 3 nitrogen and oxygen atoms in total. The standard InChI is InChI=1S/C12H25NO2/c1-2-3-4-5-6-7-8-9-10-11(13)12(14)15/h11H,2-10,13H2,1H3,(H,14,15)/t11-/m0/s1. The van der Waals surface area contributed by atoms with Crippen LogP contribution in [0.4, 0.5) is 0 Å². The highest BCUT2D eigenvalue weighted by Gasteiger charge is 2.09. The summed E-state index contributed by atoms with van der Waals surface area (Å²) in [6.07, 6.45) is 10.5. The molecule has 0 bridgehead atoms. The number of rotatable bonds is 10. The Morgan fingerprint density at radius 2 is 1.53 bits per heavy atom. The van der Waals surface area contributed by atoms with E-state index in [1.165, 1.54) is 38.5 Å². The molecule has 0 aromatic heterocycles. The second kappa shape index (κ2) is 9.97. The molecule has 0 aliphatic carbocycles. The number of unbranched alkanes of at least 4 members (excludes halogenated alkanes) is 7. The minimum atomic E-state index is -0.877. The van der Waals surface area contributed by atoms with E-state index in [9.17, 15) is 4.79 Å². The van der Waals surface area contributed by atoms with Crippen LogP contribution in [0.1, 0.15) is 64.7 Å². The maximum absolute atomic E-state index is 10.4. The predicted molar refractivity (Wildman–Crippen MR) is 62.8 cm³/mol. The number of hydrogen-bond acceptors (Lipinski definition) is 2. The van der Waals surface area contributed by atoms with Crippen molar-refractivity contribution < 1.29 is 9.90 Å². The lowest BCUT2D eigenvalue weighted by atomic mass is 10.1. The lowest BCUT2D eigenvalue weighted by Crippen LogP contribution is -2.29. The molecule has 0 rings (SSSR count). The minimum absolute atomic E-state index is 0.615. The van der Waals surface area contributed by atoms with E-state index in [0.717, 1.165) is 12.8 Å². The second-order valence-electron chi connectivity index (χ2n) is 4.21. The van der Waals surface area contributed by atoms with Gasteiger partial charge in [-0.2, -0.15) is 0 Å². The summed E-state index contributed by atoms with van der Waals surface area (Å²) in [4.78, 5) is 10.4. The maximum Gasteiger partial charge on any atom is 0.320 e. The molecular weight excluding hydrogens is 190 g/mol. The number of hydrogen-bond donors (Lipinski definition) is 2. The Bertz CT molecular complexity index is 160. The van der Waals surface area contributed by atoms with Crippen molar-refractivity contribution in [1.82, 2.24) is 0 Å². The van der Waals surface area contributed by atoms with Gasteiger partial charge in [0.05, 0.1) is 0 Å². The molecule has 1 atom stereocenters. The molecule has 0 spiro atoms. The molecule has 0 heterocycles. The van der Waals surface area contributed by atoms with Crippen molar-refractivity contribution in [2.45, 2.75) is 70.8 Å². The molecular formula is C12H25NO2. The zero-order valence-electron chi connectivity index (χ0n) is 9.87. The van der Waals surface area contributed by atoms with E-state index in [2.05, 4.69) is 6.92 Å². The Kier molecular flexibility index (Phi) is 9.59. The van der Waals surface area contributed by atoms with Gasteiger partial charge in [-0.1, -0.05) is 58.3 Å². The largest absolute Gasteiger partial charge is 0.480 e. The Morgan fingerprint density at radius 1 is 1.07 bits per heavy atom. The number of carbonyl (C=O) groups is 1. The van der Waals surface area contributed by atoms with Crippen molar-refractivity contribution in [1.29, 1.82) is 0 Å². The van der Waals surface area contributed by atoms with E-state index in [0.29, 0.717) is 6.42 Å². The van der Waals surface area contributed by atoms with Crippen molar-refractivity contribution in [3.63, 3.8) is 0 Å². The summed E-state index contributed by atoms with van der Waals surface area (Å²) < 4.78 is 0. The van der Waals surface area contributed by atoms with Gasteiger partial charge in [0.2, 0.25) is 0 Å². The third kappa shape index (κ3) is 9.73. The van der Waals surface area contributed by atoms with Crippen LogP contribution in [0, 0.1) is 0 Å². The molecule has 3 N–H and O–H groups in total. The van der Waals surface area contributed by atoms with Crippen LogP contribution >= 0.6 is 0 Å². The minimum Gasteiger partial charge on any atom is -0.480 e. The van der Waals surface area contributed by atoms with Crippen LogP contribution in [0.2, 0.25) is 0 Å². The quantitative estimate of drug-likeness (QED) is 0.551. The molecule has 0 aromatic rings. The first-order chi connectivity index (χ1) is 7.18. The fourth-order valence-corrected chi connectivity index (χ4v) is 1.62. The molecule has 0 saturated heterocycles. The Balaban J connectivity index is 3.08. The predicted octanol–water partition coefficient (Wildman–Crippen LogP) is 2.93. The molecule has 15 heavy (non-hydrogen) atoms. The molecule has 0 aliphatic rings. The molecule has 0 unspecified atom stereocenters. The number of aliphatic carboxylic acids is 1. The van der Waals surface area contributed by atoms with Gasteiger partial charge in [0.25, 0.3) is 0 Å². The molecule has 3 heteroatoms. The zero-order chi connectivity index (χ0) is 11.5. The summed E-state index contributed by atoms with van der Waals surface area (Å²) in [5, 5.41) is 8.56. The number of carboxylic acid groups (broad SMARTS) is 1. The Labute approximate surface area is 93.0 Å². The van der Waals surface area contributed by atoms with Crippen LogP contribution in [0.15, 0.2) is 0 Å². The van der Waals surface area contributed by atoms with Crippen LogP contribution in [0.25, 0.3) is 0 Å². The number of nitrogens with two attached hydrogens (primary N) is 1. The third-order valence-electron chi connectivity index (χ3n) is 2.69. The average molecular weight is 215 g/mol. The van der Waals surface area contributed by atoms with E-state index in [1.54, 1.807) is 0 Å². The fraction of sp³-hybridized carbons (Fsp3) is 0.917. The first-order valence-electron chi connectivity index (χ1n) is 6.17. The van der Waals surface area contributed by atoms with E-state index in [-0.39, 0.29) is 0 Å². The number of carboxylic acids is 1. The molecule has 0 amide bonds. The van der Waals surface area contributed by atoms with Gasteiger partial charge in [0.15, 0.2) is 0 Å². The van der Waals surface area contributed by atoms with Crippen LogP contribution < -0.4 is 5.73 Å². The van der Waals surface area contributed by atoms with E-state index in [4.69, 9.17) is 10.8 Å². The Morgan fingerprint density at radius 3 is 2.00 bits per heavy atom. The highest BCUT2D eigenvalue weighted by molar-refractivity contribution is 5.72. The summed E-state index contributed by atoms with van der Waals surface area (Å²) in [6, 6.07) is -0.662. The summed E-state index contributed by atoms with van der Waals surface area (Å²) >= 11 is 0. The average Bonchev–Trinajstić information content (AvgIpc) is 2.21. The van der Waals surface area contributed by atoms with E-state index >= 15 is 0 Å². The normalized spacial score (nSPS) is 12.7. The second-order valence-corrected chi connectivity index (χ2v) is 4.21. The highest BCUT2D eigenvalue weighted by atomic mass is 16.4. The van der Waals surface area contributed by atoms with E-state index in [1.807, 2.05) is 0 Å². The third-order valence-corrected chi connectivity index (χ3v) is 2.69. The summed E-state index contributed by atoms with van der Waals surface area (Å²) in [6.45, 7) is 2.22. The monoisotopic (exact) mass is 215 g/mol. The molecule has 0 fully saturated rings. The lowest BCUT2D eigenvalue weighted by Gasteiger charge is -2.05. The van der Waals surface area contributed by atoms with Crippen molar-refractivity contribution in [3.8, 4) is 0 Å². The van der Waals surface area contributed by atoms with Crippen LogP contribution in [0.3, 0.4) is 0 Å². The lowest BCUT2D eigenvalue weighted by molar-refractivity contribution is -0.138. The van der Waals surface area contributed by atoms with Crippen LogP contribution in [-0.2, 0) is 4.79 Å². The molecule has 0 aromatic carbocycles. The van der Waals surface area contributed by atoms with Crippen molar-refractivity contribution in [3.05, 3.63) is 0 Å². The van der Waals surface area contributed by atoms with Gasteiger partial charge in [-0.25, -0.2) is 0 Å². The van der Waals surface area contributed by atoms with Crippen molar-refractivity contribution in [2.75, 3.05) is 0 Å². The molecule has 0 saturated carbocycles. The van der Waals surface area contributed by atoms with Crippen LogP contribution in [0.5, 0.6) is 0 Å². The van der Waals surface area contributed by atoms with Gasteiger partial charge in [-0.05, 0) is 6.42 Å². The summed E-state index contributed by atoms with van der Waals surface area (Å²) in [5.41, 5.74) is 5.40. The van der Waals surface area contributed by atoms with Gasteiger partial charge < -0.3 is 10.8 Å². The zero-order valence-corrected chi connectivity index (χ0v) is 9.87. The first kappa shape index (κ1) is 14.4. The molecule has 90 valence electrons. The first-order valence-corrected chi connectivity index (χ1v) is 6.17. The SMILES string of the molecule is CCCCCCCCCC[C@H](N)C(=O)O. The van der Waals surface area contributed by atoms with Gasteiger partial charge in [0.1, 0.15) is 6.04 Å². The van der Waals surface area contributed by atoms with Crippen molar-refractivity contribution in [2.24, 2.45) is 5.73 Å². The molecule has 0 radical (unpaired) electrons. The smallest absolute Gasteiger partial charge is 0.320 e. The van der Waals surface area contributed by atoms with Gasteiger partial charge >= 0.3 is 5.97 Å². The van der Waals surface area contributed by atoms with Gasteiger partial charge in [-0.3, -0.25) is 4.79 Å². The molecule has 0 aliphatic heterocycles. The van der Waals surface area contributed by atoms with E-state index < -0.39 is 12.0 Å². The topological polar surface area (TPSA) is 63.3 Å². The van der Waals surface area contributed by atoms with Crippen LogP contribution in [-0.4, -0.2) is 17.1 Å². The summed E-state index contributed by atoms with van der Waals surface area (Å²) in [5.74, 6) is -0.877. The maximum atomic E-state index is 10.4.